The maximum atomic E-state index is 13.9. The lowest BCUT2D eigenvalue weighted by Crippen LogP contribution is -2.44. The predicted octanol–water partition coefficient (Wildman–Crippen LogP) is 3.21. The van der Waals surface area contributed by atoms with Gasteiger partial charge in [0.05, 0.1) is 13.4 Å². The third kappa shape index (κ3) is 4.48. The number of hydrogen-bond acceptors (Lipinski definition) is 5. The van der Waals surface area contributed by atoms with Crippen molar-refractivity contribution in [2.24, 2.45) is 0 Å². The molecule has 0 bridgehead atoms. The van der Waals surface area contributed by atoms with Gasteiger partial charge in [-0.25, -0.2) is 4.39 Å². The second-order valence-corrected chi connectivity index (χ2v) is 7.14. The van der Waals surface area contributed by atoms with Crippen LogP contribution in [0.2, 0.25) is 0 Å². The van der Waals surface area contributed by atoms with Crippen molar-refractivity contribution in [2.75, 3.05) is 20.2 Å². The molecule has 1 fully saturated rings. The van der Waals surface area contributed by atoms with Crippen molar-refractivity contribution in [1.29, 1.82) is 0 Å². The summed E-state index contributed by atoms with van der Waals surface area (Å²) in [7, 11) is 1.46. The van der Waals surface area contributed by atoms with Crippen LogP contribution in [0.25, 0.3) is 11.5 Å². The molecule has 0 atom stereocenters. The first-order chi connectivity index (χ1) is 14.1. The van der Waals surface area contributed by atoms with Crippen LogP contribution in [0.1, 0.15) is 28.9 Å². The second kappa shape index (κ2) is 8.48. The topological polar surface area (TPSA) is 83.4 Å². The number of furan rings is 1. The van der Waals surface area contributed by atoms with Gasteiger partial charge in [-0.15, -0.1) is 0 Å². The molecule has 8 heteroatoms. The SMILES string of the molecule is COc1ccc(CN2CCC(NC(=O)c3cc(-c4ccco4)[nH]n3)CC2)cc1F. The van der Waals surface area contributed by atoms with Crippen LogP contribution in [0.3, 0.4) is 0 Å². The molecule has 0 radical (unpaired) electrons. The number of halogens is 1. The van der Waals surface area contributed by atoms with Gasteiger partial charge in [0, 0.05) is 31.7 Å². The van der Waals surface area contributed by atoms with Crippen LogP contribution in [-0.2, 0) is 6.54 Å². The van der Waals surface area contributed by atoms with Gasteiger partial charge in [-0.1, -0.05) is 6.07 Å². The molecule has 0 unspecified atom stereocenters. The zero-order valence-corrected chi connectivity index (χ0v) is 16.2. The molecule has 152 valence electrons. The number of ether oxygens (including phenoxy) is 1. The van der Waals surface area contributed by atoms with Crippen molar-refractivity contribution in [3.05, 3.63) is 59.7 Å². The minimum absolute atomic E-state index is 0.0927. The van der Waals surface area contributed by atoms with E-state index >= 15 is 0 Å². The molecule has 29 heavy (non-hydrogen) atoms. The van der Waals surface area contributed by atoms with Crippen LogP contribution >= 0.6 is 0 Å². The lowest BCUT2D eigenvalue weighted by atomic mass is 10.0. The van der Waals surface area contributed by atoms with E-state index in [1.54, 1.807) is 30.5 Å². The van der Waals surface area contributed by atoms with E-state index in [1.807, 2.05) is 6.07 Å². The molecule has 4 rings (SSSR count). The summed E-state index contributed by atoms with van der Waals surface area (Å²) in [6.07, 6.45) is 3.24. The molecule has 2 aromatic heterocycles. The molecule has 1 aliphatic rings. The number of aromatic amines is 1. The summed E-state index contributed by atoms with van der Waals surface area (Å²) >= 11 is 0. The number of likely N-dealkylation sites (tertiary alicyclic amines) is 1. The van der Waals surface area contributed by atoms with Crippen molar-refractivity contribution >= 4 is 5.91 Å². The Morgan fingerprint density at radius 3 is 2.86 bits per heavy atom. The summed E-state index contributed by atoms with van der Waals surface area (Å²) in [5.41, 5.74) is 1.92. The molecular formula is C21H23FN4O3. The van der Waals surface area contributed by atoms with Gasteiger partial charge in [0.2, 0.25) is 0 Å². The molecule has 1 amide bonds. The number of carbonyl (C=O) groups is 1. The maximum absolute atomic E-state index is 13.9. The van der Waals surface area contributed by atoms with Gasteiger partial charge in [0.15, 0.2) is 23.0 Å². The van der Waals surface area contributed by atoms with Gasteiger partial charge in [0.1, 0.15) is 5.69 Å². The smallest absolute Gasteiger partial charge is 0.272 e. The molecule has 0 aliphatic carbocycles. The quantitative estimate of drug-likeness (QED) is 0.666. The number of nitrogens with zero attached hydrogens (tertiary/aromatic N) is 2. The van der Waals surface area contributed by atoms with Crippen LogP contribution < -0.4 is 10.1 Å². The average Bonchev–Trinajstić information content (AvgIpc) is 3.41. The Bertz CT molecular complexity index is 962. The van der Waals surface area contributed by atoms with E-state index in [0.29, 0.717) is 23.7 Å². The molecule has 0 saturated carbocycles. The summed E-state index contributed by atoms with van der Waals surface area (Å²) < 4.78 is 24.1. The van der Waals surface area contributed by atoms with E-state index in [1.165, 1.54) is 13.2 Å². The molecule has 7 nitrogen and oxygen atoms in total. The van der Waals surface area contributed by atoms with E-state index in [4.69, 9.17) is 9.15 Å². The molecule has 3 aromatic rings. The van der Waals surface area contributed by atoms with E-state index < -0.39 is 0 Å². The number of piperidine rings is 1. The summed E-state index contributed by atoms with van der Waals surface area (Å²) in [5.74, 6) is 0.346. The average molecular weight is 398 g/mol. The van der Waals surface area contributed by atoms with Crippen molar-refractivity contribution in [1.82, 2.24) is 20.4 Å². The van der Waals surface area contributed by atoms with Gasteiger partial charge in [-0.2, -0.15) is 5.10 Å². The Hall–Kier alpha value is -3.13. The Morgan fingerprint density at radius 2 is 2.17 bits per heavy atom. The van der Waals surface area contributed by atoms with Crippen LogP contribution in [0, 0.1) is 5.82 Å². The summed E-state index contributed by atoms with van der Waals surface area (Å²) in [6, 6.07) is 10.4. The number of amides is 1. The Kier molecular flexibility index (Phi) is 5.62. The number of nitrogens with one attached hydrogen (secondary N) is 2. The van der Waals surface area contributed by atoms with Crippen LogP contribution in [0.5, 0.6) is 5.75 Å². The van der Waals surface area contributed by atoms with Gasteiger partial charge in [-0.3, -0.25) is 14.8 Å². The number of H-pyrrole nitrogens is 1. The van der Waals surface area contributed by atoms with Crippen LogP contribution in [0.4, 0.5) is 4.39 Å². The fourth-order valence-electron chi connectivity index (χ4n) is 3.56. The monoisotopic (exact) mass is 398 g/mol. The first-order valence-electron chi connectivity index (χ1n) is 9.57. The molecule has 0 spiro atoms. The number of aromatic nitrogens is 2. The largest absolute Gasteiger partial charge is 0.494 e. The normalized spacial score (nSPS) is 15.4. The summed E-state index contributed by atoms with van der Waals surface area (Å²) in [6.45, 7) is 2.33. The number of rotatable bonds is 6. The van der Waals surface area contributed by atoms with Gasteiger partial charge < -0.3 is 14.5 Å². The molecule has 1 saturated heterocycles. The van der Waals surface area contributed by atoms with Crippen molar-refractivity contribution in [2.45, 2.75) is 25.4 Å². The maximum Gasteiger partial charge on any atom is 0.272 e. The fraction of sp³-hybridized carbons (Fsp3) is 0.333. The van der Waals surface area contributed by atoms with E-state index in [9.17, 15) is 9.18 Å². The van der Waals surface area contributed by atoms with Crippen molar-refractivity contribution in [3.63, 3.8) is 0 Å². The molecule has 3 heterocycles. The second-order valence-electron chi connectivity index (χ2n) is 7.14. The zero-order chi connectivity index (χ0) is 20.2. The highest BCUT2D eigenvalue weighted by atomic mass is 19.1. The number of hydrogen-bond donors (Lipinski definition) is 2. The van der Waals surface area contributed by atoms with E-state index in [0.717, 1.165) is 31.5 Å². The van der Waals surface area contributed by atoms with Gasteiger partial charge in [-0.05, 0) is 42.7 Å². The Morgan fingerprint density at radius 1 is 1.34 bits per heavy atom. The molecule has 1 aromatic carbocycles. The minimum Gasteiger partial charge on any atom is -0.494 e. The van der Waals surface area contributed by atoms with E-state index in [-0.39, 0.29) is 23.5 Å². The van der Waals surface area contributed by atoms with Gasteiger partial charge in [0.25, 0.3) is 5.91 Å². The van der Waals surface area contributed by atoms with E-state index in [2.05, 4.69) is 20.4 Å². The Balaban J connectivity index is 1.27. The zero-order valence-electron chi connectivity index (χ0n) is 16.2. The lowest BCUT2D eigenvalue weighted by molar-refractivity contribution is 0.0904. The number of benzene rings is 1. The minimum atomic E-state index is -0.347. The van der Waals surface area contributed by atoms with Crippen LogP contribution in [-0.4, -0.2) is 47.2 Å². The number of methoxy groups -OCH3 is 1. The summed E-state index contributed by atoms with van der Waals surface area (Å²) in [5, 5.41) is 9.95. The molecular weight excluding hydrogens is 375 g/mol. The van der Waals surface area contributed by atoms with Gasteiger partial charge >= 0.3 is 0 Å². The Labute approximate surface area is 167 Å². The standard InChI is InChI=1S/C21H23FN4O3/c1-28-19-5-4-14(11-16(19)22)13-26-8-6-15(7-9-26)23-21(27)18-12-17(24-25-18)20-3-2-10-29-20/h2-5,10-12,15H,6-9,13H2,1H3,(H,23,27)(H,24,25). The third-order valence-electron chi connectivity index (χ3n) is 5.14. The highest BCUT2D eigenvalue weighted by Crippen LogP contribution is 2.21. The molecule has 2 N–H and O–H groups in total. The molecule has 1 aliphatic heterocycles. The lowest BCUT2D eigenvalue weighted by Gasteiger charge is -2.32. The summed E-state index contributed by atoms with van der Waals surface area (Å²) in [4.78, 5) is 14.7. The first kappa shape index (κ1) is 19.2. The predicted molar refractivity (Wildman–Crippen MR) is 105 cm³/mol. The highest BCUT2D eigenvalue weighted by Gasteiger charge is 2.22. The van der Waals surface area contributed by atoms with Crippen molar-refractivity contribution in [3.8, 4) is 17.2 Å². The highest BCUT2D eigenvalue weighted by molar-refractivity contribution is 5.93. The van der Waals surface area contributed by atoms with Crippen molar-refractivity contribution < 1.29 is 18.3 Å². The third-order valence-corrected chi connectivity index (χ3v) is 5.14. The number of carbonyl (C=O) groups excluding carboxylic acids is 1. The first-order valence-corrected chi connectivity index (χ1v) is 9.57. The fourth-order valence-corrected chi connectivity index (χ4v) is 3.56. The van der Waals surface area contributed by atoms with Crippen LogP contribution in [0.15, 0.2) is 47.1 Å².